The molecule has 0 bridgehead atoms. The highest BCUT2D eigenvalue weighted by atomic mass is 19.3. The van der Waals surface area contributed by atoms with Gasteiger partial charge < -0.3 is 5.73 Å². The van der Waals surface area contributed by atoms with Crippen molar-refractivity contribution in [2.24, 2.45) is 10.7 Å². The summed E-state index contributed by atoms with van der Waals surface area (Å²) in [6, 6.07) is 0. The van der Waals surface area contributed by atoms with Gasteiger partial charge in [-0.15, -0.1) is 0 Å². The largest absolute Gasteiger partial charge is 0.385 e. The first-order valence-electron chi connectivity index (χ1n) is 2.83. The second-order valence-electron chi connectivity index (χ2n) is 2.27. The molecular weight excluding hydrogens is 145 g/mol. The molecule has 1 heterocycles. The number of amidine groups is 1. The standard InChI is InChI=1S/C5H7F3N2/c6-3-1-5(7,8)2-10-4(3)9/h3H,1-2H2,(H2,9,10). The van der Waals surface area contributed by atoms with E-state index in [0.29, 0.717) is 0 Å². The van der Waals surface area contributed by atoms with Crippen molar-refractivity contribution in [3.8, 4) is 0 Å². The highest BCUT2D eigenvalue weighted by Crippen LogP contribution is 2.25. The quantitative estimate of drug-likeness (QED) is 0.545. The Hall–Kier alpha value is -0.740. The van der Waals surface area contributed by atoms with Crippen LogP contribution >= 0.6 is 0 Å². The maximum Gasteiger partial charge on any atom is 0.270 e. The summed E-state index contributed by atoms with van der Waals surface area (Å²) in [6.07, 6.45) is -2.61. The fourth-order valence-electron chi connectivity index (χ4n) is 0.737. The van der Waals surface area contributed by atoms with Crippen LogP contribution in [0, 0.1) is 0 Å². The van der Waals surface area contributed by atoms with Gasteiger partial charge in [0, 0.05) is 0 Å². The van der Waals surface area contributed by atoms with Crippen molar-refractivity contribution >= 4 is 5.84 Å². The van der Waals surface area contributed by atoms with Gasteiger partial charge in [-0.3, -0.25) is 4.99 Å². The Balaban J connectivity index is 2.69. The molecule has 0 saturated carbocycles. The van der Waals surface area contributed by atoms with Crippen molar-refractivity contribution in [3.63, 3.8) is 0 Å². The third-order valence-electron chi connectivity index (χ3n) is 1.29. The van der Waals surface area contributed by atoms with Gasteiger partial charge in [0.1, 0.15) is 12.4 Å². The Morgan fingerprint density at radius 2 is 2.20 bits per heavy atom. The Morgan fingerprint density at radius 1 is 1.60 bits per heavy atom. The van der Waals surface area contributed by atoms with Crippen LogP contribution in [0.25, 0.3) is 0 Å². The summed E-state index contributed by atoms with van der Waals surface area (Å²) in [6.45, 7) is -0.681. The number of rotatable bonds is 0. The normalized spacial score (nSPS) is 31.5. The van der Waals surface area contributed by atoms with Gasteiger partial charge in [0.15, 0.2) is 6.17 Å². The van der Waals surface area contributed by atoms with Crippen LogP contribution in [0.4, 0.5) is 13.2 Å². The molecule has 0 fully saturated rings. The molecule has 1 rings (SSSR count). The first-order chi connectivity index (χ1) is 4.51. The lowest BCUT2D eigenvalue weighted by Crippen LogP contribution is -2.39. The van der Waals surface area contributed by atoms with Crippen LogP contribution < -0.4 is 5.73 Å². The summed E-state index contributed by atoms with van der Waals surface area (Å²) >= 11 is 0. The topological polar surface area (TPSA) is 38.4 Å². The molecule has 10 heavy (non-hydrogen) atoms. The molecule has 0 aliphatic carbocycles. The van der Waals surface area contributed by atoms with Crippen molar-refractivity contribution in [1.82, 2.24) is 0 Å². The predicted molar refractivity (Wildman–Crippen MR) is 30.9 cm³/mol. The number of hydrogen-bond acceptors (Lipinski definition) is 2. The van der Waals surface area contributed by atoms with Gasteiger partial charge in [0.2, 0.25) is 0 Å². The van der Waals surface area contributed by atoms with Crippen molar-refractivity contribution in [2.45, 2.75) is 18.5 Å². The predicted octanol–water partition coefficient (Wildman–Crippen LogP) is 0.721. The first kappa shape index (κ1) is 7.37. The van der Waals surface area contributed by atoms with Gasteiger partial charge >= 0.3 is 0 Å². The van der Waals surface area contributed by atoms with E-state index in [-0.39, 0.29) is 5.84 Å². The van der Waals surface area contributed by atoms with E-state index in [9.17, 15) is 13.2 Å². The highest BCUT2D eigenvalue weighted by molar-refractivity contribution is 5.85. The summed E-state index contributed by atoms with van der Waals surface area (Å²) in [4.78, 5) is 3.13. The zero-order valence-corrected chi connectivity index (χ0v) is 5.15. The van der Waals surface area contributed by atoms with Gasteiger partial charge in [-0.25, -0.2) is 13.2 Å². The number of alkyl halides is 3. The summed E-state index contributed by atoms with van der Waals surface area (Å²) in [7, 11) is 0. The highest BCUT2D eigenvalue weighted by Gasteiger charge is 2.37. The van der Waals surface area contributed by atoms with E-state index in [0.717, 1.165) is 0 Å². The number of nitrogens with zero attached hydrogens (tertiary/aromatic N) is 1. The molecule has 1 aliphatic heterocycles. The molecular formula is C5H7F3N2. The van der Waals surface area contributed by atoms with E-state index in [4.69, 9.17) is 5.73 Å². The maximum absolute atomic E-state index is 12.3. The van der Waals surface area contributed by atoms with E-state index in [1.807, 2.05) is 0 Å². The van der Waals surface area contributed by atoms with E-state index in [2.05, 4.69) is 4.99 Å². The van der Waals surface area contributed by atoms with Crippen LogP contribution in [-0.4, -0.2) is 24.5 Å². The average molecular weight is 152 g/mol. The van der Waals surface area contributed by atoms with Crippen LogP contribution in [0.5, 0.6) is 0 Å². The molecule has 2 N–H and O–H groups in total. The third kappa shape index (κ3) is 1.40. The zero-order valence-electron chi connectivity index (χ0n) is 5.15. The van der Waals surface area contributed by atoms with Crippen molar-refractivity contribution in [1.29, 1.82) is 0 Å². The lowest BCUT2D eigenvalue weighted by molar-refractivity contribution is -0.0154. The molecule has 1 unspecified atom stereocenters. The molecule has 1 atom stereocenters. The number of hydrogen-bond donors (Lipinski definition) is 1. The zero-order chi connectivity index (χ0) is 7.78. The fraction of sp³-hybridized carbons (Fsp3) is 0.800. The Labute approximate surface area is 55.9 Å². The van der Waals surface area contributed by atoms with E-state index >= 15 is 0 Å². The van der Waals surface area contributed by atoms with Crippen LogP contribution in [-0.2, 0) is 0 Å². The maximum atomic E-state index is 12.3. The molecule has 0 saturated heterocycles. The second kappa shape index (κ2) is 2.14. The van der Waals surface area contributed by atoms with Gasteiger partial charge in [-0.05, 0) is 0 Å². The van der Waals surface area contributed by atoms with Crippen LogP contribution in [0.1, 0.15) is 6.42 Å². The van der Waals surface area contributed by atoms with Crippen molar-refractivity contribution in [3.05, 3.63) is 0 Å². The minimum atomic E-state index is -3.01. The van der Waals surface area contributed by atoms with E-state index < -0.39 is 25.1 Å². The number of halogens is 3. The van der Waals surface area contributed by atoms with Crippen LogP contribution in [0.2, 0.25) is 0 Å². The smallest absolute Gasteiger partial charge is 0.270 e. The van der Waals surface area contributed by atoms with Crippen molar-refractivity contribution in [2.75, 3.05) is 6.54 Å². The van der Waals surface area contributed by atoms with Gasteiger partial charge in [0.25, 0.3) is 5.92 Å². The molecule has 0 amide bonds. The molecule has 0 aromatic heterocycles. The van der Waals surface area contributed by atoms with Crippen molar-refractivity contribution < 1.29 is 13.2 Å². The lowest BCUT2D eigenvalue weighted by Gasteiger charge is -2.21. The van der Waals surface area contributed by atoms with Gasteiger partial charge in [0.05, 0.1) is 6.42 Å². The van der Waals surface area contributed by atoms with Crippen LogP contribution in [0.3, 0.4) is 0 Å². The molecule has 1 aliphatic rings. The Bertz CT molecular complexity index is 166. The van der Waals surface area contributed by atoms with E-state index in [1.165, 1.54) is 0 Å². The lowest BCUT2D eigenvalue weighted by atomic mass is 10.1. The molecule has 0 aromatic rings. The van der Waals surface area contributed by atoms with Gasteiger partial charge in [-0.1, -0.05) is 0 Å². The fourth-order valence-corrected chi connectivity index (χ4v) is 0.737. The molecule has 5 heteroatoms. The van der Waals surface area contributed by atoms with Crippen LogP contribution in [0.15, 0.2) is 4.99 Å². The average Bonchev–Trinajstić information content (AvgIpc) is 1.79. The Morgan fingerprint density at radius 3 is 2.60 bits per heavy atom. The minimum Gasteiger partial charge on any atom is -0.385 e. The monoisotopic (exact) mass is 152 g/mol. The SMILES string of the molecule is NC1=NCC(F)(F)CC1F. The summed E-state index contributed by atoms with van der Waals surface area (Å²) in [5.41, 5.74) is 4.94. The third-order valence-corrected chi connectivity index (χ3v) is 1.29. The Kier molecular flexibility index (Phi) is 1.58. The summed E-state index contributed by atoms with van der Waals surface area (Å²) in [5, 5.41) is 0. The molecule has 0 spiro atoms. The summed E-state index contributed by atoms with van der Waals surface area (Å²) in [5.74, 6) is -3.33. The second-order valence-corrected chi connectivity index (χ2v) is 2.27. The van der Waals surface area contributed by atoms with Gasteiger partial charge in [-0.2, -0.15) is 0 Å². The minimum absolute atomic E-state index is 0.314. The molecule has 0 aromatic carbocycles. The first-order valence-corrected chi connectivity index (χ1v) is 2.83. The number of aliphatic imine (C=N–C) groups is 1. The molecule has 0 radical (unpaired) electrons. The van der Waals surface area contributed by atoms with E-state index in [1.54, 1.807) is 0 Å². The molecule has 58 valence electrons. The molecule has 2 nitrogen and oxygen atoms in total. The summed E-state index contributed by atoms with van der Waals surface area (Å²) < 4.78 is 36.8. The number of nitrogens with two attached hydrogens (primary N) is 1.